The van der Waals surface area contributed by atoms with Crippen LogP contribution in [0.4, 0.5) is 0 Å². The second kappa shape index (κ2) is 6.91. The Morgan fingerprint density at radius 3 is 2.55 bits per heavy atom. The molecule has 2 aromatic rings. The first-order valence-corrected chi connectivity index (χ1v) is 6.70. The Bertz CT molecular complexity index is 544. The molecule has 0 bridgehead atoms. The molecule has 0 atom stereocenters. The third-order valence-electron chi connectivity index (χ3n) is 3.01. The minimum Gasteiger partial charge on any atom is -0.494 e. The highest BCUT2D eigenvalue weighted by Crippen LogP contribution is 2.16. The highest BCUT2D eigenvalue weighted by atomic mass is 16.5. The van der Waals surface area contributed by atoms with Crippen LogP contribution < -0.4 is 4.74 Å². The molecular weight excluding hydrogens is 252 g/mol. The first kappa shape index (κ1) is 14.3. The van der Waals surface area contributed by atoms with Crippen molar-refractivity contribution in [3.05, 3.63) is 48.3 Å². The van der Waals surface area contributed by atoms with E-state index in [1.165, 1.54) is 0 Å². The van der Waals surface area contributed by atoms with Crippen molar-refractivity contribution in [2.24, 2.45) is 0 Å². The van der Waals surface area contributed by atoms with Gasteiger partial charge in [0.1, 0.15) is 5.75 Å². The van der Waals surface area contributed by atoms with E-state index in [2.05, 4.69) is 19.0 Å². The standard InChI is InChI=1S/C16H20N2O2/c1-17(2)9-3-11-20-16-6-4-15(5-7-16)18-10-8-14(12-18)13-19/h4-8,10,12-13H,3,9,11H2,1-2H3. The molecule has 0 N–H and O–H groups in total. The Labute approximate surface area is 119 Å². The van der Waals surface area contributed by atoms with Crippen molar-refractivity contribution in [2.45, 2.75) is 6.42 Å². The van der Waals surface area contributed by atoms with E-state index in [1.807, 2.05) is 35.0 Å². The molecule has 0 spiro atoms. The lowest BCUT2D eigenvalue weighted by molar-refractivity contribution is 0.112. The van der Waals surface area contributed by atoms with Gasteiger partial charge in [0.15, 0.2) is 6.29 Å². The van der Waals surface area contributed by atoms with E-state index >= 15 is 0 Å². The van der Waals surface area contributed by atoms with Gasteiger partial charge in [-0.05, 0) is 50.8 Å². The molecule has 4 heteroatoms. The van der Waals surface area contributed by atoms with Gasteiger partial charge in [-0.1, -0.05) is 0 Å². The SMILES string of the molecule is CN(C)CCCOc1ccc(-n2ccc(C=O)c2)cc1. The van der Waals surface area contributed by atoms with Crippen molar-refractivity contribution in [3.63, 3.8) is 0 Å². The molecule has 1 aromatic carbocycles. The summed E-state index contributed by atoms with van der Waals surface area (Å²) in [5.74, 6) is 0.871. The van der Waals surface area contributed by atoms with Crippen molar-refractivity contribution in [1.82, 2.24) is 9.47 Å². The van der Waals surface area contributed by atoms with Gasteiger partial charge < -0.3 is 14.2 Å². The van der Waals surface area contributed by atoms with Gasteiger partial charge in [-0.15, -0.1) is 0 Å². The second-order valence-electron chi connectivity index (χ2n) is 4.97. The first-order chi connectivity index (χ1) is 9.69. The molecule has 0 saturated heterocycles. The summed E-state index contributed by atoms with van der Waals surface area (Å²) in [7, 11) is 4.11. The molecule has 20 heavy (non-hydrogen) atoms. The van der Waals surface area contributed by atoms with Crippen molar-refractivity contribution >= 4 is 6.29 Å². The fourth-order valence-electron chi connectivity index (χ4n) is 1.93. The predicted octanol–water partition coefficient (Wildman–Crippen LogP) is 2.62. The normalized spacial score (nSPS) is 10.8. The molecule has 0 radical (unpaired) electrons. The third kappa shape index (κ3) is 3.96. The van der Waals surface area contributed by atoms with Crippen LogP contribution in [0.2, 0.25) is 0 Å². The first-order valence-electron chi connectivity index (χ1n) is 6.70. The van der Waals surface area contributed by atoms with Gasteiger partial charge in [0.05, 0.1) is 6.61 Å². The van der Waals surface area contributed by atoms with Crippen molar-refractivity contribution < 1.29 is 9.53 Å². The molecule has 1 heterocycles. The summed E-state index contributed by atoms with van der Waals surface area (Å²) >= 11 is 0. The van der Waals surface area contributed by atoms with E-state index in [1.54, 1.807) is 12.3 Å². The molecule has 106 valence electrons. The number of hydrogen-bond acceptors (Lipinski definition) is 3. The van der Waals surface area contributed by atoms with E-state index in [4.69, 9.17) is 4.74 Å². The number of carbonyl (C=O) groups excluding carboxylic acids is 1. The van der Waals surface area contributed by atoms with Crippen molar-refractivity contribution in [3.8, 4) is 11.4 Å². The monoisotopic (exact) mass is 272 g/mol. The van der Waals surface area contributed by atoms with E-state index in [9.17, 15) is 4.79 Å². The molecule has 2 rings (SSSR count). The van der Waals surface area contributed by atoms with Crippen LogP contribution in [0.3, 0.4) is 0 Å². The highest BCUT2D eigenvalue weighted by Gasteiger charge is 2.00. The molecule has 0 amide bonds. The summed E-state index contributed by atoms with van der Waals surface area (Å²) in [4.78, 5) is 12.8. The Balaban J connectivity index is 1.91. The predicted molar refractivity (Wildman–Crippen MR) is 79.8 cm³/mol. The number of benzene rings is 1. The lowest BCUT2D eigenvalue weighted by Gasteiger charge is -2.11. The lowest BCUT2D eigenvalue weighted by atomic mass is 10.3. The summed E-state index contributed by atoms with van der Waals surface area (Å²) in [5, 5.41) is 0. The number of ether oxygens (including phenoxy) is 1. The topological polar surface area (TPSA) is 34.5 Å². The molecular formula is C16H20N2O2. The summed E-state index contributed by atoms with van der Waals surface area (Å²) < 4.78 is 7.60. The molecule has 0 fully saturated rings. The number of rotatable bonds is 7. The minimum absolute atomic E-state index is 0.675. The Kier molecular flexibility index (Phi) is 4.96. The van der Waals surface area contributed by atoms with Gasteiger partial charge in [-0.2, -0.15) is 0 Å². The molecule has 0 unspecified atom stereocenters. The Hall–Kier alpha value is -2.07. The summed E-state index contributed by atoms with van der Waals surface area (Å²) in [5.41, 5.74) is 1.69. The highest BCUT2D eigenvalue weighted by molar-refractivity contribution is 5.74. The van der Waals surface area contributed by atoms with Crippen LogP contribution in [0.1, 0.15) is 16.8 Å². The lowest BCUT2D eigenvalue weighted by Crippen LogP contribution is -2.15. The van der Waals surface area contributed by atoms with Crippen LogP contribution in [0.15, 0.2) is 42.7 Å². The number of carbonyl (C=O) groups is 1. The van der Waals surface area contributed by atoms with Gasteiger partial charge >= 0.3 is 0 Å². The maximum Gasteiger partial charge on any atom is 0.151 e. The number of aldehydes is 1. The van der Waals surface area contributed by atoms with E-state index < -0.39 is 0 Å². The zero-order valence-electron chi connectivity index (χ0n) is 12.0. The van der Waals surface area contributed by atoms with Crippen molar-refractivity contribution in [1.29, 1.82) is 0 Å². The average Bonchev–Trinajstić information content (AvgIpc) is 2.93. The maximum atomic E-state index is 10.7. The third-order valence-corrected chi connectivity index (χ3v) is 3.01. The largest absolute Gasteiger partial charge is 0.494 e. The molecule has 0 aliphatic carbocycles. The van der Waals surface area contributed by atoms with Gasteiger partial charge in [-0.3, -0.25) is 4.79 Å². The van der Waals surface area contributed by atoms with Crippen LogP contribution in [0, 0.1) is 0 Å². The number of hydrogen-bond donors (Lipinski definition) is 0. The summed E-state index contributed by atoms with van der Waals surface area (Å²) in [6.07, 6.45) is 5.53. The van der Waals surface area contributed by atoms with Crippen LogP contribution in [0.25, 0.3) is 5.69 Å². The Morgan fingerprint density at radius 1 is 1.20 bits per heavy atom. The zero-order valence-corrected chi connectivity index (χ0v) is 12.0. The minimum atomic E-state index is 0.675. The summed E-state index contributed by atoms with van der Waals surface area (Å²) in [6.45, 7) is 1.74. The molecule has 0 aliphatic heterocycles. The quantitative estimate of drug-likeness (QED) is 0.574. The van der Waals surface area contributed by atoms with E-state index in [-0.39, 0.29) is 0 Å². The van der Waals surface area contributed by atoms with E-state index in [0.717, 1.165) is 37.3 Å². The fourth-order valence-corrected chi connectivity index (χ4v) is 1.93. The maximum absolute atomic E-state index is 10.7. The smallest absolute Gasteiger partial charge is 0.151 e. The second-order valence-corrected chi connectivity index (χ2v) is 4.97. The summed E-state index contributed by atoms with van der Waals surface area (Å²) in [6, 6.07) is 9.65. The zero-order chi connectivity index (χ0) is 14.4. The van der Waals surface area contributed by atoms with Gasteiger partial charge in [0.25, 0.3) is 0 Å². The van der Waals surface area contributed by atoms with Crippen LogP contribution in [-0.2, 0) is 0 Å². The van der Waals surface area contributed by atoms with Crippen LogP contribution >= 0.6 is 0 Å². The molecule has 0 aliphatic rings. The fraction of sp³-hybridized carbons (Fsp3) is 0.312. The van der Waals surface area contributed by atoms with Gasteiger partial charge in [0, 0.05) is 30.2 Å². The molecule has 1 aromatic heterocycles. The van der Waals surface area contributed by atoms with Crippen LogP contribution in [0.5, 0.6) is 5.75 Å². The van der Waals surface area contributed by atoms with Gasteiger partial charge in [-0.25, -0.2) is 0 Å². The number of aromatic nitrogens is 1. The number of nitrogens with zero attached hydrogens (tertiary/aromatic N) is 2. The average molecular weight is 272 g/mol. The Morgan fingerprint density at radius 2 is 1.95 bits per heavy atom. The van der Waals surface area contributed by atoms with Crippen molar-refractivity contribution in [2.75, 3.05) is 27.2 Å². The van der Waals surface area contributed by atoms with E-state index in [0.29, 0.717) is 5.56 Å². The van der Waals surface area contributed by atoms with Crippen LogP contribution in [-0.4, -0.2) is 43.0 Å². The van der Waals surface area contributed by atoms with Gasteiger partial charge in [0.2, 0.25) is 0 Å². The molecule has 0 saturated carbocycles. The molecule has 4 nitrogen and oxygen atoms in total.